The van der Waals surface area contributed by atoms with Crippen molar-refractivity contribution in [3.05, 3.63) is 53.6 Å². The van der Waals surface area contributed by atoms with Gasteiger partial charge in [0.2, 0.25) is 5.91 Å². The summed E-state index contributed by atoms with van der Waals surface area (Å²) in [5, 5.41) is 0. The summed E-state index contributed by atoms with van der Waals surface area (Å²) in [5.41, 5.74) is 4.51. The molecule has 2 aliphatic rings. The van der Waals surface area contributed by atoms with Crippen LogP contribution >= 0.6 is 0 Å². The number of morpholine rings is 1. The molecule has 1 amide bonds. The molecule has 2 aromatic carbocycles. The minimum atomic E-state index is 0.150. The number of ether oxygens (including phenoxy) is 2. The van der Waals surface area contributed by atoms with Gasteiger partial charge in [0.05, 0.1) is 26.2 Å². The van der Waals surface area contributed by atoms with Gasteiger partial charge in [0.1, 0.15) is 5.75 Å². The van der Waals surface area contributed by atoms with Gasteiger partial charge in [-0.15, -0.1) is 0 Å². The van der Waals surface area contributed by atoms with Crippen LogP contribution < -0.4 is 14.5 Å². The lowest BCUT2D eigenvalue weighted by Gasteiger charge is -2.29. The maximum atomic E-state index is 12.9. The van der Waals surface area contributed by atoms with Crippen molar-refractivity contribution in [2.24, 2.45) is 0 Å². The van der Waals surface area contributed by atoms with E-state index in [1.54, 1.807) is 0 Å². The number of anilines is 2. The quantitative estimate of drug-likeness (QED) is 0.816. The van der Waals surface area contributed by atoms with Crippen LogP contribution in [0.5, 0.6) is 5.75 Å². The van der Waals surface area contributed by atoms with E-state index in [1.807, 2.05) is 36.1 Å². The Morgan fingerprint density at radius 3 is 2.59 bits per heavy atom. The zero-order valence-electron chi connectivity index (χ0n) is 15.8. The number of hydrogen-bond donors (Lipinski definition) is 0. The lowest BCUT2D eigenvalue weighted by molar-refractivity contribution is -0.117. The van der Waals surface area contributed by atoms with E-state index in [-0.39, 0.29) is 5.91 Å². The molecule has 0 saturated carbocycles. The molecule has 2 aromatic rings. The summed E-state index contributed by atoms with van der Waals surface area (Å²) in [4.78, 5) is 17.2. The lowest BCUT2D eigenvalue weighted by atomic mass is 10.1. The number of hydrogen-bond acceptors (Lipinski definition) is 4. The van der Waals surface area contributed by atoms with Crippen molar-refractivity contribution < 1.29 is 14.3 Å². The van der Waals surface area contributed by atoms with E-state index in [9.17, 15) is 4.79 Å². The van der Waals surface area contributed by atoms with Crippen LogP contribution in [0, 0.1) is 0 Å². The predicted molar refractivity (Wildman–Crippen MR) is 107 cm³/mol. The maximum Gasteiger partial charge on any atom is 0.231 e. The number of carbonyl (C=O) groups is 1. The zero-order valence-corrected chi connectivity index (χ0v) is 15.8. The number of benzene rings is 2. The van der Waals surface area contributed by atoms with E-state index in [0.717, 1.165) is 56.3 Å². The number of fused-ring (bicyclic) bond motifs is 1. The number of amides is 1. The zero-order chi connectivity index (χ0) is 18.6. The van der Waals surface area contributed by atoms with Crippen molar-refractivity contribution in [2.45, 2.75) is 19.8 Å². The third kappa shape index (κ3) is 3.93. The second-order valence-electron chi connectivity index (χ2n) is 6.96. The summed E-state index contributed by atoms with van der Waals surface area (Å²) >= 11 is 0. The van der Waals surface area contributed by atoms with Crippen molar-refractivity contribution in [1.29, 1.82) is 0 Å². The first-order chi connectivity index (χ1) is 13.2. The Labute approximate surface area is 160 Å². The smallest absolute Gasteiger partial charge is 0.231 e. The van der Waals surface area contributed by atoms with Crippen LogP contribution in [0.1, 0.15) is 18.1 Å². The van der Waals surface area contributed by atoms with E-state index in [0.29, 0.717) is 13.0 Å². The number of nitrogens with zero attached hydrogens (tertiary/aromatic N) is 2. The van der Waals surface area contributed by atoms with Crippen LogP contribution in [0.15, 0.2) is 42.5 Å². The topological polar surface area (TPSA) is 42.0 Å². The van der Waals surface area contributed by atoms with Crippen molar-refractivity contribution in [1.82, 2.24) is 0 Å². The summed E-state index contributed by atoms with van der Waals surface area (Å²) in [6.45, 7) is 6.70. The molecule has 1 saturated heterocycles. The highest BCUT2D eigenvalue weighted by molar-refractivity contribution is 5.97. The van der Waals surface area contributed by atoms with Gasteiger partial charge < -0.3 is 19.3 Å². The molecule has 0 aromatic heterocycles. The van der Waals surface area contributed by atoms with Crippen LogP contribution in [-0.2, 0) is 22.4 Å². The van der Waals surface area contributed by atoms with Gasteiger partial charge in [-0.1, -0.05) is 18.2 Å². The fraction of sp³-hybridized carbons (Fsp3) is 0.409. The normalized spacial score (nSPS) is 16.3. The molecule has 0 N–H and O–H groups in total. The van der Waals surface area contributed by atoms with Crippen LogP contribution in [0.3, 0.4) is 0 Å². The molecule has 0 aliphatic carbocycles. The molecule has 1 fully saturated rings. The van der Waals surface area contributed by atoms with Gasteiger partial charge in [-0.2, -0.15) is 0 Å². The van der Waals surface area contributed by atoms with E-state index in [1.165, 1.54) is 11.3 Å². The molecule has 2 heterocycles. The molecule has 0 atom stereocenters. The minimum absolute atomic E-state index is 0.150. The Morgan fingerprint density at radius 1 is 1.07 bits per heavy atom. The molecule has 4 rings (SSSR count). The maximum absolute atomic E-state index is 12.9. The fourth-order valence-electron chi connectivity index (χ4n) is 3.79. The van der Waals surface area contributed by atoms with Crippen LogP contribution in [0.4, 0.5) is 11.4 Å². The van der Waals surface area contributed by atoms with Gasteiger partial charge in [0.25, 0.3) is 0 Å². The van der Waals surface area contributed by atoms with E-state index in [4.69, 9.17) is 9.47 Å². The summed E-state index contributed by atoms with van der Waals surface area (Å²) < 4.78 is 10.9. The van der Waals surface area contributed by atoms with Gasteiger partial charge in [0.15, 0.2) is 0 Å². The first-order valence-electron chi connectivity index (χ1n) is 9.72. The van der Waals surface area contributed by atoms with E-state index < -0.39 is 0 Å². The van der Waals surface area contributed by atoms with Crippen molar-refractivity contribution >= 4 is 17.3 Å². The Hall–Kier alpha value is -2.53. The van der Waals surface area contributed by atoms with Gasteiger partial charge in [-0.05, 0) is 48.7 Å². The lowest BCUT2D eigenvalue weighted by Crippen LogP contribution is -2.36. The summed E-state index contributed by atoms with van der Waals surface area (Å²) in [6.07, 6.45) is 1.33. The third-order valence-corrected chi connectivity index (χ3v) is 5.23. The molecule has 142 valence electrons. The number of carbonyl (C=O) groups excluding carboxylic acids is 1. The molecule has 5 heteroatoms. The molecule has 0 unspecified atom stereocenters. The van der Waals surface area contributed by atoms with Crippen molar-refractivity contribution in [2.75, 3.05) is 49.3 Å². The highest BCUT2D eigenvalue weighted by Gasteiger charge is 2.26. The first kappa shape index (κ1) is 17.9. The van der Waals surface area contributed by atoms with Gasteiger partial charge >= 0.3 is 0 Å². The fourth-order valence-corrected chi connectivity index (χ4v) is 3.79. The average Bonchev–Trinajstić information content (AvgIpc) is 3.14. The Balaban J connectivity index is 1.48. The van der Waals surface area contributed by atoms with Crippen molar-refractivity contribution in [3.63, 3.8) is 0 Å². The SMILES string of the molecule is CCOc1ccc(CC(=O)N2CCc3ccc(N4CCOCC4)cc32)cc1. The number of rotatable bonds is 5. The molecular weight excluding hydrogens is 340 g/mol. The van der Waals surface area contributed by atoms with Crippen LogP contribution in [-0.4, -0.2) is 45.4 Å². The second-order valence-corrected chi connectivity index (χ2v) is 6.96. The van der Waals surface area contributed by atoms with Crippen LogP contribution in [0.25, 0.3) is 0 Å². The largest absolute Gasteiger partial charge is 0.494 e. The monoisotopic (exact) mass is 366 g/mol. The second kappa shape index (κ2) is 8.01. The van der Waals surface area contributed by atoms with Gasteiger partial charge in [-0.3, -0.25) is 4.79 Å². The molecule has 27 heavy (non-hydrogen) atoms. The molecule has 5 nitrogen and oxygen atoms in total. The average molecular weight is 366 g/mol. The molecule has 0 radical (unpaired) electrons. The molecule has 2 aliphatic heterocycles. The van der Waals surface area contributed by atoms with Crippen molar-refractivity contribution in [3.8, 4) is 5.75 Å². The Bertz CT molecular complexity index is 798. The molecule has 0 spiro atoms. The summed E-state index contributed by atoms with van der Waals surface area (Å²) in [5.74, 6) is 0.993. The molecule has 0 bridgehead atoms. The predicted octanol–water partition coefficient (Wildman–Crippen LogP) is 3.05. The minimum Gasteiger partial charge on any atom is -0.494 e. The summed E-state index contributed by atoms with van der Waals surface area (Å²) in [7, 11) is 0. The first-order valence-corrected chi connectivity index (χ1v) is 9.72. The molecular formula is C22H26N2O3. The van der Waals surface area contributed by atoms with E-state index in [2.05, 4.69) is 23.1 Å². The third-order valence-electron chi connectivity index (χ3n) is 5.23. The standard InChI is InChI=1S/C22H26N2O3/c1-2-27-20-7-3-17(4-8-20)15-22(25)24-10-9-18-5-6-19(16-21(18)24)23-11-13-26-14-12-23/h3-8,16H,2,9-15H2,1H3. The van der Waals surface area contributed by atoms with Gasteiger partial charge in [-0.25, -0.2) is 0 Å². The highest BCUT2D eigenvalue weighted by Crippen LogP contribution is 2.33. The Morgan fingerprint density at radius 2 is 1.85 bits per heavy atom. The van der Waals surface area contributed by atoms with Crippen LogP contribution in [0.2, 0.25) is 0 Å². The van der Waals surface area contributed by atoms with E-state index >= 15 is 0 Å². The highest BCUT2D eigenvalue weighted by atomic mass is 16.5. The summed E-state index contributed by atoms with van der Waals surface area (Å²) in [6, 6.07) is 14.3. The Kier molecular flexibility index (Phi) is 5.30. The van der Waals surface area contributed by atoms with Gasteiger partial charge in [0, 0.05) is 31.0 Å².